The van der Waals surface area contributed by atoms with Gasteiger partial charge in [-0.2, -0.15) is 0 Å². The fourth-order valence-corrected chi connectivity index (χ4v) is 5.24. The summed E-state index contributed by atoms with van der Waals surface area (Å²) in [5.74, 6) is 1.84. The zero-order valence-electron chi connectivity index (χ0n) is 20.3. The Morgan fingerprint density at radius 3 is 2.38 bits per heavy atom. The lowest BCUT2D eigenvalue weighted by Crippen LogP contribution is -2.50. The molecule has 2 N–H and O–H groups in total. The van der Waals surface area contributed by atoms with Crippen molar-refractivity contribution >= 4 is 29.9 Å². The number of nitrogens with zero attached hydrogens (tertiary/aromatic N) is 1. The molecule has 6 nitrogen and oxygen atoms in total. The van der Waals surface area contributed by atoms with Crippen LogP contribution in [0.3, 0.4) is 0 Å². The lowest BCUT2D eigenvalue weighted by Gasteiger charge is -2.39. The van der Waals surface area contributed by atoms with Crippen LogP contribution in [0, 0.1) is 12.3 Å². The normalized spacial score (nSPS) is 19.8. The van der Waals surface area contributed by atoms with Crippen LogP contribution in [0.4, 0.5) is 0 Å². The van der Waals surface area contributed by atoms with Crippen molar-refractivity contribution in [3.63, 3.8) is 0 Å². The van der Waals surface area contributed by atoms with E-state index in [2.05, 4.69) is 40.7 Å². The summed E-state index contributed by atoms with van der Waals surface area (Å²) in [5, 5.41) is 7.27. The number of hydrogen-bond donors (Lipinski definition) is 2. The highest BCUT2D eigenvalue weighted by Gasteiger charge is 2.38. The molecule has 0 amide bonds. The smallest absolute Gasteiger partial charge is 0.191 e. The van der Waals surface area contributed by atoms with Gasteiger partial charge in [0.1, 0.15) is 5.75 Å². The van der Waals surface area contributed by atoms with E-state index in [1.165, 1.54) is 36.8 Å². The zero-order chi connectivity index (χ0) is 22.2. The Balaban J connectivity index is 0.00000363. The molecule has 1 saturated heterocycles. The maximum atomic E-state index is 5.75. The number of hydrogen-bond acceptors (Lipinski definition) is 4. The summed E-state index contributed by atoms with van der Waals surface area (Å²) in [6, 6.07) is 6.49. The molecule has 2 fully saturated rings. The van der Waals surface area contributed by atoms with Crippen molar-refractivity contribution in [2.45, 2.75) is 57.3 Å². The van der Waals surface area contributed by atoms with Gasteiger partial charge in [-0.1, -0.05) is 30.5 Å². The van der Waals surface area contributed by atoms with Crippen molar-refractivity contribution in [1.82, 2.24) is 10.6 Å². The Hall–Kier alpha value is -1.06. The quantitative estimate of drug-likeness (QED) is 0.266. The maximum absolute atomic E-state index is 5.75. The molecule has 1 aliphatic carbocycles. The second-order valence-electron chi connectivity index (χ2n) is 9.33. The van der Waals surface area contributed by atoms with E-state index in [1.807, 2.05) is 7.05 Å². The summed E-state index contributed by atoms with van der Waals surface area (Å²) in [6.07, 6.45) is 8.20. The van der Waals surface area contributed by atoms with Gasteiger partial charge in [-0.3, -0.25) is 4.99 Å². The van der Waals surface area contributed by atoms with Gasteiger partial charge >= 0.3 is 0 Å². The van der Waals surface area contributed by atoms with E-state index in [0.717, 1.165) is 63.9 Å². The molecule has 1 aromatic carbocycles. The second kappa shape index (κ2) is 13.0. The standard InChI is InChI=1S/C25H41N3O3.HI/c1-20-7-8-22(30-4)21(17-20)25(12-15-31-16-13-25)19-28-23(26-2)27-18-24(11-14-29-3)9-5-6-10-24;/h7-8,17H,5-6,9-16,18-19H2,1-4H3,(H2,26,27,28);1H. The first-order valence-electron chi connectivity index (χ1n) is 11.7. The summed E-state index contributed by atoms with van der Waals surface area (Å²) in [4.78, 5) is 4.53. The molecule has 2 aliphatic rings. The molecular formula is C25H42IN3O3. The Bertz CT molecular complexity index is 729. The van der Waals surface area contributed by atoms with E-state index in [-0.39, 0.29) is 29.4 Å². The van der Waals surface area contributed by atoms with Crippen molar-refractivity contribution in [2.75, 3.05) is 54.2 Å². The molecule has 7 heteroatoms. The van der Waals surface area contributed by atoms with E-state index in [4.69, 9.17) is 14.2 Å². The van der Waals surface area contributed by atoms with Crippen molar-refractivity contribution in [2.24, 2.45) is 10.4 Å². The third-order valence-electron chi connectivity index (χ3n) is 7.33. The van der Waals surface area contributed by atoms with Crippen LogP contribution in [0.2, 0.25) is 0 Å². The highest BCUT2D eigenvalue weighted by molar-refractivity contribution is 14.0. The number of ether oxygens (including phenoxy) is 3. The Morgan fingerprint density at radius 1 is 1.06 bits per heavy atom. The van der Waals surface area contributed by atoms with E-state index in [1.54, 1.807) is 14.2 Å². The number of nitrogens with one attached hydrogen (secondary N) is 2. The van der Waals surface area contributed by atoms with Gasteiger partial charge in [0.05, 0.1) is 7.11 Å². The topological polar surface area (TPSA) is 64.1 Å². The van der Waals surface area contributed by atoms with Crippen molar-refractivity contribution in [3.8, 4) is 5.75 Å². The minimum atomic E-state index is -0.0334. The van der Waals surface area contributed by atoms with E-state index in [9.17, 15) is 0 Å². The third-order valence-corrected chi connectivity index (χ3v) is 7.33. The SMILES string of the molecule is CN=C(NCC1(CCOC)CCCC1)NCC1(c2cc(C)ccc2OC)CCOCC1.I. The van der Waals surface area contributed by atoms with Gasteiger partial charge in [-0.25, -0.2) is 0 Å². The van der Waals surface area contributed by atoms with Crippen LogP contribution in [0.15, 0.2) is 23.2 Å². The fourth-order valence-electron chi connectivity index (χ4n) is 5.24. The molecule has 182 valence electrons. The van der Waals surface area contributed by atoms with Crippen molar-refractivity contribution in [3.05, 3.63) is 29.3 Å². The monoisotopic (exact) mass is 559 g/mol. The lowest BCUT2D eigenvalue weighted by atomic mass is 9.73. The summed E-state index contributed by atoms with van der Waals surface area (Å²) in [7, 11) is 5.41. The summed E-state index contributed by atoms with van der Waals surface area (Å²) >= 11 is 0. The number of rotatable bonds is 9. The average Bonchev–Trinajstić information content (AvgIpc) is 3.27. The van der Waals surface area contributed by atoms with E-state index >= 15 is 0 Å². The van der Waals surface area contributed by atoms with Crippen LogP contribution >= 0.6 is 24.0 Å². The number of methoxy groups -OCH3 is 2. The van der Waals surface area contributed by atoms with Crippen LogP contribution in [-0.4, -0.2) is 60.1 Å². The van der Waals surface area contributed by atoms with Gasteiger partial charge in [0.15, 0.2) is 5.96 Å². The van der Waals surface area contributed by atoms with Crippen LogP contribution < -0.4 is 15.4 Å². The highest BCUT2D eigenvalue weighted by Crippen LogP contribution is 2.41. The minimum Gasteiger partial charge on any atom is -0.496 e. The molecular weight excluding hydrogens is 517 g/mol. The number of guanidine groups is 1. The molecule has 0 aromatic heterocycles. The molecule has 32 heavy (non-hydrogen) atoms. The third kappa shape index (κ3) is 6.73. The first kappa shape index (κ1) is 27.2. The van der Waals surface area contributed by atoms with Gasteiger partial charge in [0.2, 0.25) is 0 Å². The maximum Gasteiger partial charge on any atom is 0.191 e. The number of aryl methyl sites for hydroxylation is 1. The Morgan fingerprint density at radius 2 is 1.75 bits per heavy atom. The molecule has 0 radical (unpaired) electrons. The van der Waals surface area contributed by atoms with Crippen LogP contribution in [-0.2, 0) is 14.9 Å². The van der Waals surface area contributed by atoms with E-state index < -0.39 is 0 Å². The van der Waals surface area contributed by atoms with Crippen molar-refractivity contribution in [1.29, 1.82) is 0 Å². The number of benzene rings is 1. The highest BCUT2D eigenvalue weighted by atomic mass is 127. The molecule has 1 heterocycles. The minimum absolute atomic E-state index is 0. The zero-order valence-corrected chi connectivity index (χ0v) is 22.6. The van der Waals surface area contributed by atoms with E-state index in [0.29, 0.717) is 5.41 Å². The Labute approximate surface area is 211 Å². The molecule has 1 aromatic rings. The number of aliphatic imine (C=N–C) groups is 1. The first-order chi connectivity index (χ1) is 15.1. The molecule has 1 saturated carbocycles. The van der Waals surface area contributed by atoms with Gasteiger partial charge in [-0.05, 0) is 50.5 Å². The van der Waals surface area contributed by atoms with Gasteiger partial charge in [0, 0.05) is 58.0 Å². The molecule has 0 unspecified atom stereocenters. The largest absolute Gasteiger partial charge is 0.496 e. The molecule has 0 spiro atoms. The molecule has 0 atom stereocenters. The second-order valence-corrected chi connectivity index (χ2v) is 9.33. The summed E-state index contributed by atoms with van der Waals surface area (Å²) in [6.45, 7) is 6.26. The average molecular weight is 560 g/mol. The van der Waals surface area contributed by atoms with Gasteiger partial charge in [-0.15, -0.1) is 24.0 Å². The van der Waals surface area contributed by atoms with Crippen LogP contribution in [0.1, 0.15) is 56.1 Å². The first-order valence-corrected chi connectivity index (χ1v) is 11.7. The van der Waals surface area contributed by atoms with Gasteiger partial charge in [0.25, 0.3) is 0 Å². The lowest BCUT2D eigenvalue weighted by molar-refractivity contribution is 0.0505. The van der Waals surface area contributed by atoms with Crippen LogP contribution in [0.25, 0.3) is 0 Å². The van der Waals surface area contributed by atoms with Crippen LogP contribution in [0.5, 0.6) is 5.75 Å². The van der Waals surface area contributed by atoms with Gasteiger partial charge < -0.3 is 24.8 Å². The predicted molar refractivity (Wildman–Crippen MR) is 142 cm³/mol. The van der Waals surface area contributed by atoms with Crippen molar-refractivity contribution < 1.29 is 14.2 Å². The predicted octanol–water partition coefficient (Wildman–Crippen LogP) is 4.43. The Kier molecular flexibility index (Phi) is 11.0. The molecule has 3 rings (SSSR count). The molecule has 1 aliphatic heterocycles. The number of halogens is 1. The molecule has 0 bridgehead atoms. The fraction of sp³-hybridized carbons (Fsp3) is 0.720. The summed E-state index contributed by atoms with van der Waals surface area (Å²) in [5.41, 5.74) is 2.82. The summed E-state index contributed by atoms with van der Waals surface area (Å²) < 4.78 is 16.9.